The second-order valence-electron chi connectivity index (χ2n) is 2.31. The molecule has 0 bridgehead atoms. The fourth-order valence-electron chi connectivity index (χ4n) is 0.897. The second-order valence-corrected chi connectivity index (χ2v) is 2.31. The van der Waals surface area contributed by atoms with Crippen LogP contribution in [-0.4, -0.2) is 19.2 Å². The van der Waals surface area contributed by atoms with Crippen molar-refractivity contribution in [3.05, 3.63) is 17.4 Å². The molecule has 3 nitrogen and oxygen atoms in total. The van der Waals surface area contributed by atoms with E-state index in [-0.39, 0.29) is 5.88 Å². The van der Waals surface area contributed by atoms with Crippen molar-refractivity contribution in [2.45, 2.75) is 6.92 Å². The summed E-state index contributed by atoms with van der Waals surface area (Å²) in [5.74, 6) is -0.137. The molecule has 0 saturated heterocycles. The van der Waals surface area contributed by atoms with Crippen molar-refractivity contribution in [3.8, 4) is 11.8 Å². The van der Waals surface area contributed by atoms with Crippen LogP contribution in [0.4, 0.5) is 4.39 Å². The molecule has 0 aliphatic carbocycles. The van der Waals surface area contributed by atoms with Gasteiger partial charge in [0.15, 0.2) is 5.82 Å². The lowest BCUT2D eigenvalue weighted by atomic mass is 10.3. The standard InChI is InChI=1S/C8H10FNO2/c1-5-4-6(9)8(12-3)10-7(5)11-2/h4H,1-3H3. The van der Waals surface area contributed by atoms with Gasteiger partial charge in [-0.25, -0.2) is 4.39 Å². The number of hydrogen-bond donors (Lipinski definition) is 0. The van der Waals surface area contributed by atoms with Gasteiger partial charge in [0.05, 0.1) is 14.2 Å². The molecule has 0 aromatic carbocycles. The van der Waals surface area contributed by atoms with Crippen LogP contribution in [0.25, 0.3) is 0 Å². The zero-order valence-corrected chi connectivity index (χ0v) is 7.22. The van der Waals surface area contributed by atoms with Crippen LogP contribution >= 0.6 is 0 Å². The van der Waals surface area contributed by atoms with E-state index in [2.05, 4.69) is 9.72 Å². The molecule has 0 saturated carbocycles. The quantitative estimate of drug-likeness (QED) is 0.676. The molecule has 1 aromatic heterocycles. The number of methoxy groups -OCH3 is 2. The molecular weight excluding hydrogens is 161 g/mol. The zero-order valence-electron chi connectivity index (χ0n) is 7.22. The minimum Gasteiger partial charge on any atom is -0.481 e. The van der Waals surface area contributed by atoms with E-state index in [1.165, 1.54) is 20.3 Å². The first kappa shape index (κ1) is 8.77. The molecule has 0 atom stereocenters. The lowest BCUT2D eigenvalue weighted by Gasteiger charge is -2.05. The first-order chi connectivity index (χ1) is 5.69. The van der Waals surface area contributed by atoms with Crippen molar-refractivity contribution < 1.29 is 13.9 Å². The summed E-state index contributed by atoms with van der Waals surface area (Å²) in [5.41, 5.74) is 0.649. The van der Waals surface area contributed by atoms with Gasteiger partial charge in [0, 0.05) is 5.56 Å². The molecule has 1 heterocycles. The summed E-state index contributed by atoms with van der Waals surface area (Å²) in [6.45, 7) is 1.72. The van der Waals surface area contributed by atoms with Crippen molar-refractivity contribution in [3.63, 3.8) is 0 Å². The van der Waals surface area contributed by atoms with Crippen LogP contribution < -0.4 is 9.47 Å². The van der Waals surface area contributed by atoms with Gasteiger partial charge < -0.3 is 9.47 Å². The minimum atomic E-state index is -0.476. The molecular formula is C8H10FNO2. The molecule has 0 aliphatic rings. The number of nitrogens with zero attached hydrogens (tertiary/aromatic N) is 1. The van der Waals surface area contributed by atoms with Crippen LogP contribution in [-0.2, 0) is 0 Å². The molecule has 0 unspecified atom stereocenters. The Kier molecular flexibility index (Phi) is 2.47. The van der Waals surface area contributed by atoms with E-state index in [1.807, 2.05) is 0 Å². The van der Waals surface area contributed by atoms with E-state index in [0.29, 0.717) is 11.4 Å². The van der Waals surface area contributed by atoms with Gasteiger partial charge in [-0.05, 0) is 13.0 Å². The van der Waals surface area contributed by atoms with E-state index in [1.54, 1.807) is 6.92 Å². The predicted octanol–water partition coefficient (Wildman–Crippen LogP) is 1.55. The normalized spacial score (nSPS) is 9.67. The van der Waals surface area contributed by atoms with Crippen molar-refractivity contribution in [2.24, 2.45) is 0 Å². The fourth-order valence-corrected chi connectivity index (χ4v) is 0.897. The van der Waals surface area contributed by atoms with E-state index < -0.39 is 5.82 Å². The van der Waals surface area contributed by atoms with Gasteiger partial charge in [-0.15, -0.1) is 0 Å². The van der Waals surface area contributed by atoms with Crippen LogP contribution in [0.1, 0.15) is 5.56 Å². The van der Waals surface area contributed by atoms with Crippen molar-refractivity contribution >= 4 is 0 Å². The zero-order chi connectivity index (χ0) is 9.14. The van der Waals surface area contributed by atoms with Gasteiger partial charge in [-0.1, -0.05) is 0 Å². The first-order valence-corrected chi connectivity index (χ1v) is 3.44. The molecule has 66 valence electrons. The summed E-state index contributed by atoms with van der Waals surface area (Å²) in [5, 5.41) is 0. The topological polar surface area (TPSA) is 31.4 Å². The molecule has 1 rings (SSSR count). The van der Waals surface area contributed by atoms with Crippen LogP contribution in [0.15, 0.2) is 6.07 Å². The number of aromatic nitrogens is 1. The predicted molar refractivity (Wildman–Crippen MR) is 42.0 cm³/mol. The molecule has 0 N–H and O–H groups in total. The summed E-state index contributed by atoms with van der Waals surface area (Å²) < 4.78 is 22.5. The smallest absolute Gasteiger partial charge is 0.253 e. The maximum absolute atomic E-state index is 12.9. The molecule has 0 amide bonds. The fraction of sp³-hybridized carbons (Fsp3) is 0.375. The summed E-state index contributed by atoms with van der Waals surface area (Å²) in [6.07, 6.45) is 0. The number of ether oxygens (including phenoxy) is 2. The summed E-state index contributed by atoms with van der Waals surface area (Å²) in [4.78, 5) is 3.79. The Balaban J connectivity index is 3.18. The maximum atomic E-state index is 12.9. The molecule has 0 fully saturated rings. The third kappa shape index (κ3) is 1.47. The Morgan fingerprint density at radius 3 is 2.33 bits per heavy atom. The SMILES string of the molecule is COc1nc(OC)c(F)cc1C. The highest BCUT2D eigenvalue weighted by molar-refractivity contribution is 5.30. The lowest BCUT2D eigenvalue weighted by Crippen LogP contribution is -1.97. The third-order valence-electron chi connectivity index (χ3n) is 1.47. The summed E-state index contributed by atoms with van der Waals surface area (Å²) in [7, 11) is 2.84. The lowest BCUT2D eigenvalue weighted by molar-refractivity contribution is 0.343. The molecule has 12 heavy (non-hydrogen) atoms. The van der Waals surface area contributed by atoms with E-state index in [4.69, 9.17) is 4.74 Å². The third-order valence-corrected chi connectivity index (χ3v) is 1.47. The van der Waals surface area contributed by atoms with Gasteiger partial charge >= 0.3 is 0 Å². The average Bonchev–Trinajstić information content (AvgIpc) is 2.05. The highest BCUT2D eigenvalue weighted by Crippen LogP contribution is 2.21. The molecule has 4 heteroatoms. The van der Waals surface area contributed by atoms with Gasteiger partial charge in [0.25, 0.3) is 5.88 Å². The molecule has 0 spiro atoms. The van der Waals surface area contributed by atoms with Gasteiger partial charge in [-0.3, -0.25) is 0 Å². The Morgan fingerprint density at radius 1 is 1.25 bits per heavy atom. The summed E-state index contributed by atoms with van der Waals surface area (Å²) in [6, 6.07) is 1.32. The number of halogens is 1. The highest BCUT2D eigenvalue weighted by atomic mass is 19.1. The minimum absolute atomic E-state index is 0.0440. The van der Waals surface area contributed by atoms with Crippen LogP contribution in [0.5, 0.6) is 11.8 Å². The molecule has 1 aromatic rings. The number of hydrogen-bond acceptors (Lipinski definition) is 3. The van der Waals surface area contributed by atoms with E-state index in [9.17, 15) is 4.39 Å². The monoisotopic (exact) mass is 171 g/mol. The number of pyridine rings is 1. The summed E-state index contributed by atoms with van der Waals surface area (Å²) >= 11 is 0. The van der Waals surface area contributed by atoms with Crippen molar-refractivity contribution in [2.75, 3.05) is 14.2 Å². The van der Waals surface area contributed by atoms with Crippen molar-refractivity contribution in [1.29, 1.82) is 0 Å². The van der Waals surface area contributed by atoms with Crippen molar-refractivity contribution in [1.82, 2.24) is 4.98 Å². The molecule has 0 aliphatic heterocycles. The highest BCUT2D eigenvalue weighted by Gasteiger charge is 2.08. The maximum Gasteiger partial charge on any atom is 0.253 e. The van der Waals surface area contributed by atoms with Gasteiger partial charge in [-0.2, -0.15) is 4.98 Å². The Morgan fingerprint density at radius 2 is 1.83 bits per heavy atom. The van der Waals surface area contributed by atoms with E-state index >= 15 is 0 Å². The average molecular weight is 171 g/mol. The Hall–Kier alpha value is -1.32. The number of aryl methyl sites for hydroxylation is 1. The number of rotatable bonds is 2. The van der Waals surface area contributed by atoms with Crippen LogP contribution in [0.2, 0.25) is 0 Å². The second kappa shape index (κ2) is 3.38. The largest absolute Gasteiger partial charge is 0.481 e. The Labute approximate surface area is 70.1 Å². The van der Waals surface area contributed by atoms with E-state index in [0.717, 1.165) is 0 Å². The van der Waals surface area contributed by atoms with Gasteiger partial charge in [0.1, 0.15) is 0 Å². The Bertz CT molecular complexity index is 263. The van der Waals surface area contributed by atoms with Crippen LogP contribution in [0.3, 0.4) is 0 Å². The first-order valence-electron chi connectivity index (χ1n) is 3.44. The van der Waals surface area contributed by atoms with Crippen LogP contribution in [0, 0.1) is 12.7 Å². The van der Waals surface area contributed by atoms with Gasteiger partial charge in [0.2, 0.25) is 5.88 Å². The molecule has 0 radical (unpaired) electrons.